The molecule has 0 aliphatic heterocycles. The molecule has 0 saturated carbocycles. The normalized spacial score (nSPS) is 10.5. The Morgan fingerprint density at radius 2 is 2.04 bits per heavy atom. The van der Waals surface area contributed by atoms with Crippen LogP contribution < -0.4 is 10.2 Å². The summed E-state index contributed by atoms with van der Waals surface area (Å²) >= 11 is 7.34. The molecule has 0 radical (unpaired) electrons. The molecule has 0 spiro atoms. The summed E-state index contributed by atoms with van der Waals surface area (Å²) in [6.45, 7) is 0. The Morgan fingerprint density at radius 3 is 2.71 bits per heavy atom. The third-order valence-corrected chi connectivity index (χ3v) is 4.35. The highest BCUT2D eigenvalue weighted by atomic mass is 35.5. The Labute approximate surface area is 146 Å². The number of aromatic amines is 1. The van der Waals surface area contributed by atoms with Gasteiger partial charge in [-0.15, -0.1) is 11.8 Å². The Morgan fingerprint density at radius 1 is 1.25 bits per heavy atom. The number of carbonyl (C=O) groups excluding carboxylic acids is 1. The highest BCUT2D eigenvalue weighted by molar-refractivity contribution is 7.98. The lowest BCUT2D eigenvalue weighted by atomic mass is 10.4. The van der Waals surface area contributed by atoms with Crippen LogP contribution in [0.5, 0.6) is 5.75 Å². The van der Waals surface area contributed by atoms with Crippen molar-refractivity contribution in [3.63, 3.8) is 0 Å². The van der Waals surface area contributed by atoms with Crippen LogP contribution in [0.25, 0.3) is 0 Å². The highest BCUT2D eigenvalue weighted by Crippen LogP contribution is 2.24. The zero-order valence-electron chi connectivity index (χ0n) is 12.3. The van der Waals surface area contributed by atoms with Crippen molar-refractivity contribution in [1.82, 2.24) is 4.98 Å². The monoisotopic (exact) mass is 361 g/mol. The molecule has 1 aromatic carbocycles. The first kappa shape index (κ1) is 16.4. The summed E-state index contributed by atoms with van der Waals surface area (Å²) in [5.41, 5.74) is -0.148. The van der Waals surface area contributed by atoms with Gasteiger partial charge < -0.3 is 14.1 Å². The number of thioether (sulfide) groups is 1. The number of rotatable bonds is 5. The maximum atomic E-state index is 12.0. The van der Waals surface area contributed by atoms with Crippen molar-refractivity contribution < 1.29 is 13.9 Å². The Kier molecular flexibility index (Phi) is 5.08. The SMILES string of the molecule is O=C(Oc1coc(CSc2ccc(Cl)cc2)cc1=O)c1ccc[nH]1. The zero-order chi connectivity index (χ0) is 16.9. The molecule has 24 heavy (non-hydrogen) atoms. The molecule has 1 N–H and O–H groups in total. The van der Waals surface area contributed by atoms with E-state index in [1.54, 1.807) is 30.5 Å². The lowest BCUT2D eigenvalue weighted by molar-refractivity contribution is 0.0723. The first-order chi connectivity index (χ1) is 11.6. The summed E-state index contributed by atoms with van der Waals surface area (Å²) in [7, 11) is 0. The van der Waals surface area contributed by atoms with Gasteiger partial charge in [-0.1, -0.05) is 11.6 Å². The number of halogens is 1. The van der Waals surface area contributed by atoms with E-state index >= 15 is 0 Å². The largest absolute Gasteiger partial charge is 0.464 e. The zero-order valence-corrected chi connectivity index (χ0v) is 13.9. The molecule has 2 aromatic heterocycles. The topological polar surface area (TPSA) is 72.3 Å². The fourth-order valence-electron chi connectivity index (χ4n) is 1.89. The second kappa shape index (κ2) is 7.42. The van der Waals surface area contributed by atoms with Crippen LogP contribution in [0.2, 0.25) is 5.02 Å². The van der Waals surface area contributed by atoms with Crippen molar-refractivity contribution in [2.24, 2.45) is 0 Å². The smallest absolute Gasteiger partial charge is 0.360 e. The molecular formula is C17H12ClNO4S. The van der Waals surface area contributed by atoms with E-state index in [0.29, 0.717) is 16.5 Å². The Hall–Kier alpha value is -2.44. The number of nitrogens with one attached hydrogen (secondary N) is 1. The van der Waals surface area contributed by atoms with E-state index in [-0.39, 0.29) is 11.4 Å². The third kappa shape index (κ3) is 4.10. The van der Waals surface area contributed by atoms with Crippen LogP contribution in [0.3, 0.4) is 0 Å². The van der Waals surface area contributed by atoms with Crippen LogP contribution in [-0.2, 0) is 5.75 Å². The summed E-state index contributed by atoms with van der Waals surface area (Å²) < 4.78 is 10.4. The minimum atomic E-state index is -0.643. The molecule has 2 heterocycles. The Bertz CT molecular complexity index is 888. The van der Waals surface area contributed by atoms with Gasteiger partial charge in [0, 0.05) is 22.2 Å². The summed E-state index contributed by atoms with van der Waals surface area (Å²) in [6, 6.07) is 11.9. The lowest BCUT2D eigenvalue weighted by Gasteiger charge is -2.04. The number of ether oxygens (including phenoxy) is 1. The number of carbonyl (C=O) groups is 1. The van der Waals surface area contributed by atoms with E-state index in [9.17, 15) is 9.59 Å². The van der Waals surface area contributed by atoms with Crippen molar-refractivity contribution >= 4 is 29.3 Å². The molecule has 5 nitrogen and oxygen atoms in total. The van der Waals surface area contributed by atoms with Crippen LogP contribution in [0, 0.1) is 0 Å². The molecule has 0 aliphatic rings. The molecule has 0 fully saturated rings. The van der Waals surface area contributed by atoms with Gasteiger partial charge in [-0.3, -0.25) is 4.79 Å². The van der Waals surface area contributed by atoms with E-state index in [0.717, 1.165) is 11.2 Å². The molecule has 3 aromatic rings. The summed E-state index contributed by atoms with van der Waals surface area (Å²) in [5.74, 6) is 0.173. The number of aromatic nitrogens is 1. The molecule has 7 heteroatoms. The standard InChI is InChI=1S/C17H12ClNO4S/c18-11-3-5-13(6-4-11)24-10-12-8-15(20)16(9-22-12)23-17(21)14-2-1-7-19-14/h1-9,19H,10H2. The quantitative estimate of drug-likeness (QED) is 0.546. The molecule has 0 amide bonds. The fourth-order valence-corrected chi connectivity index (χ4v) is 2.80. The maximum absolute atomic E-state index is 12.0. The molecule has 3 rings (SSSR count). The van der Waals surface area contributed by atoms with Crippen molar-refractivity contribution in [2.45, 2.75) is 10.6 Å². The predicted octanol–water partition coefficient (Wildman–Crippen LogP) is 4.13. The second-order valence-electron chi connectivity index (χ2n) is 4.79. The average Bonchev–Trinajstić information content (AvgIpc) is 3.11. The molecule has 0 atom stereocenters. The van der Waals surface area contributed by atoms with Gasteiger partial charge in [0.1, 0.15) is 17.7 Å². The van der Waals surface area contributed by atoms with Gasteiger partial charge >= 0.3 is 5.97 Å². The fraction of sp³-hybridized carbons (Fsp3) is 0.0588. The highest BCUT2D eigenvalue weighted by Gasteiger charge is 2.13. The second-order valence-corrected chi connectivity index (χ2v) is 6.28. The molecule has 0 aliphatic carbocycles. The molecule has 0 unspecified atom stereocenters. The number of hydrogen-bond donors (Lipinski definition) is 1. The molecular weight excluding hydrogens is 350 g/mol. The number of hydrogen-bond acceptors (Lipinski definition) is 5. The molecule has 122 valence electrons. The number of esters is 1. The van der Waals surface area contributed by atoms with Gasteiger partial charge in [-0.25, -0.2) is 4.79 Å². The predicted molar refractivity (Wildman–Crippen MR) is 91.7 cm³/mol. The summed E-state index contributed by atoms with van der Waals surface area (Å²) in [6.07, 6.45) is 2.75. The van der Waals surface area contributed by atoms with Crippen LogP contribution in [0.1, 0.15) is 16.2 Å². The summed E-state index contributed by atoms with van der Waals surface area (Å²) in [5, 5.41) is 0.666. The van der Waals surface area contributed by atoms with Crippen molar-refractivity contribution in [3.05, 3.63) is 81.6 Å². The van der Waals surface area contributed by atoms with E-state index in [2.05, 4.69) is 4.98 Å². The van der Waals surface area contributed by atoms with Crippen molar-refractivity contribution in [3.8, 4) is 5.75 Å². The minimum Gasteiger partial charge on any atom is -0.464 e. The van der Waals surface area contributed by atoms with E-state index < -0.39 is 11.4 Å². The van der Waals surface area contributed by atoms with Crippen LogP contribution in [0.15, 0.2) is 69.0 Å². The Balaban J connectivity index is 1.65. The first-order valence-electron chi connectivity index (χ1n) is 6.97. The first-order valence-corrected chi connectivity index (χ1v) is 8.34. The van der Waals surface area contributed by atoms with Crippen LogP contribution in [0.4, 0.5) is 0 Å². The van der Waals surface area contributed by atoms with Crippen LogP contribution >= 0.6 is 23.4 Å². The van der Waals surface area contributed by atoms with Gasteiger partial charge in [0.05, 0.1) is 5.75 Å². The van der Waals surface area contributed by atoms with Gasteiger partial charge in [0.2, 0.25) is 11.2 Å². The lowest BCUT2D eigenvalue weighted by Crippen LogP contribution is -2.14. The number of H-pyrrole nitrogens is 1. The van der Waals surface area contributed by atoms with Crippen molar-refractivity contribution in [1.29, 1.82) is 0 Å². The van der Waals surface area contributed by atoms with Gasteiger partial charge in [-0.2, -0.15) is 0 Å². The van der Waals surface area contributed by atoms with E-state index in [4.69, 9.17) is 20.8 Å². The molecule has 0 bridgehead atoms. The third-order valence-electron chi connectivity index (χ3n) is 3.07. The maximum Gasteiger partial charge on any atom is 0.360 e. The van der Waals surface area contributed by atoms with E-state index in [1.165, 1.54) is 17.8 Å². The minimum absolute atomic E-state index is 0.144. The summed E-state index contributed by atoms with van der Waals surface area (Å²) in [4.78, 5) is 27.5. The van der Waals surface area contributed by atoms with Gasteiger partial charge in [0.15, 0.2) is 0 Å². The van der Waals surface area contributed by atoms with Crippen molar-refractivity contribution in [2.75, 3.05) is 0 Å². The molecule has 0 saturated heterocycles. The average molecular weight is 362 g/mol. The van der Waals surface area contributed by atoms with Crippen LogP contribution in [-0.4, -0.2) is 11.0 Å². The van der Waals surface area contributed by atoms with Gasteiger partial charge in [0.25, 0.3) is 0 Å². The van der Waals surface area contributed by atoms with Gasteiger partial charge in [-0.05, 0) is 36.4 Å². The van der Waals surface area contributed by atoms with E-state index in [1.807, 2.05) is 12.1 Å². The number of benzene rings is 1.